The van der Waals surface area contributed by atoms with E-state index in [0.717, 1.165) is 0 Å². The van der Waals surface area contributed by atoms with Gasteiger partial charge in [0.2, 0.25) is 5.92 Å². The molecular weight excluding hydrogens is 260 g/mol. The predicted molar refractivity (Wildman–Crippen MR) is 67.1 cm³/mol. The summed E-state index contributed by atoms with van der Waals surface area (Å²) in [4.78, 5) is 12.2. The van der Waals surface area contributed by atoms with Crippen molar-refractivity contribution in [1.82, 2.24) is 0 Å². The Kier molecular flexibility index (Phi) is 3.57. The van der Waals surface area contributed by atoms with Crippen LogP contribution in [-0.2, 0) is 0 Å². The maximum atomic E-state index is 13.0. The van der Waals surface area contributed by atoms with Crippen LogP contribution in [0.4, 0.5) is 14.5 Å². The third-order valence-electron chi connectivity index (χ3n) is 3.35. The molecule has 0 saturated heterocycles. The highest BCUT2D eigenvalue weighted by Crippen LogP contribution is 2.38. The molecule has 1 fully saturated rings. The number of carbonyl (C=O) groups excluding carboxylic acids is 1. The molecule has 0 aromatic heterocycles. The van der Waals surface area contributed by atoms with Gasteiger partial charge >= 0.3 is 0 Å². The number of carbonyl (C=O) groups is 1. The van der Waals surface area contributed by atoms with Crippen LogP contribution in [0.5, 0.6) is 0 Å². The first-order chi connectivity index (χ1) is 8.39. The normalized spacial score (nSPS) is 19.7. The second-order valence-electron chi connectivity index (χ2n) is 4.73. The van der Waals surface area contributed by atoms with Gasteiger partial charge in [-0.25, -0.2) is 8.78 Å². The molecule has 1 aromatic rings. The van der Waals surface area contributed by atoms with Crippen molar-refractivity contribution < 1.29 is 13.6 Å². The van der Waals surface area contributed by atoms with Crippen LogP contribution >= 0.6 is 11.6 Å². The molecule has 0 amide bonds. The summed E-state index contributed by atoms with van der Waals surface area (Å²) in [7, 11) is 0. The average molecular weight is 274 g/mol. The van der Waals surface area contributed by atoms with Crippen LogP contribution < -0.4 is 5.73 Å². The molecule has 2 rings (SSSR count). The molecule has 5 heteroatoms. The maximum Gasteiger partial charge on any atom is 0.248 e. The summed E-state index contributed by atoms with van der Waals surface area (Å²) >= 11 is 5.95. The van der Waals surface area contributed by atoms with Crippen LogP contribution in [0.15, 0.2) is 18.2 Å². The molecule has 1 aromatic carbocycles. The Morgan fingerprint density at radius 2 is 1.94 bits per heavy atom. The third-order valence-corrected chi connectivity index (χ3v) is 3.66. The molecule has 0 heterocycles. The molecule has 0 bridgehead atoms. The Morgan fingerprint density at radius 3 is 2.50 bits per heavy atom. The first-order valence-electron chi connectivity index (χ1n) is 5.86. The smallest absolute Gasteiger partial charge is 0.248 e. The number of nitrogens with two attached hydrogens (primary N) is 1. The van der Waals surface area contributed by atoms with Crippen LogP contribution in [0.25, 0.3) is 0 Å². The zero-order valence-corrected chi connectivity index (χ0v) is 10.5. The van der Waals surface area contributed by atoms with E-state index in [-0.39, 0.29) is 42.4 Å². The molecule has 0 spiro atoms. The van der Waals surface area contributed by atoms with Gasteiger partial charge in [0.1, 0.15) is 0 Å². The van der Waals surface area contributed by atoms with Gasteiger partial charge in [0, 0.05) is 30.0 Å². The van der Waals surface area contributed by atoms with Crippen molar-refractivity contribution in [2.75, 3.05) is 5.73 Å². The summed E-state index contributed by atoms with van der Waals surface area (Å²) in [5, 5.41) is 0.289. The lowest BCUT2D eigenvalue weighted by Crippen LogP contribution is -2.28. The van der Waals surface area contributed by atoms with Gasteiger partial charge in [-0.05, 0) is 31.0 Å². The molecule has 0 radical (unpaired) electrons. The summed E-state index contributed by atoms with van der Waals surface area (Å²) in [6, 6.07) is 4.66. The van der Waals surface area contributed by atoms with E-state index in [4.69, 9.17) is 17.3 Å². The molecule has 0 aliphatic heterocycles. The van der Waals surface area contributed by atoms with Crippen molar-refractivity contribution in [3.05, 3.63) is 28.8 Å². The Hall–Kier alpha value is -1.16. The molecular formula is C13H14ClF2NO. The van der Waals surface area contributed by atoms with Crippen molar-refractivity contribution in [3.8, 4) is 0 Å². The second-order valence-corrected chi connectivity index (χ2v) is 5.14. The third kappa shape index (κ3) is 2.80. The fraction of sp³-hybridized carbons (Fsp3) is 0.462. The minimum Gasteiger partial charge on any atom is -0.399 e. The number of hydrogen-bond acceptors (Lipinski definition) is 2. The van der Waals surface area contributed by atoms with Gasteiger partial charge in [0.25, 0.3) is 0 Å². The quantitative estimate of drug-likeness (QED) is 0.655. The number of Topliss-reactive ketones (excluding diaryl/α,β-unsaturated/α-hetero) is 1. The Balaban J connectivity index is 2.13. The van der Waals surface area contributed by atoms with E-state index in [1.165, 1.54) is 6.07 Å². The lowest BCUT2D eigenvalue weighted by Gasteiger charge is -2.27. The number of rotatable bonds is 2. The number of halogens is 3. The molecule has 1 aliphatic carbocycles. The molecule has 0 unspecified atom stereocenters. The predicted octanol–water partition coefficient (Wildman–Crippen LogP) is 3.93. The SMILES string of the molecule is Nc1ccc(C(=O)C2CCC(F)(F)CC2)c(Cl)c1. The van der Waals surface area contributed by atoms with Crippen LogP contribution in [0, 0.1) is 5.92 Å². The number of nitrogen functional groups attached to an aromatic ring is 1. The van der Waals surface area contributed by atoms with Gasteiger partial charge < -0.3 is 5.73 Å². The van der Waals surface area contributed by atoms with E-state index >= 15 is 0 Å². The van der Waals surface area contributed by atoms with E-state index in [2.05, 4.69) is 0 Å². The lowest BCUT2D eigenvalue weighted by molar-refractivity contribution is -0.0424. The second kappa shape index (κ2) is 4.84. The zero-order chi connectivity index (χ0) is 13.3. The molecule has 0 atom stereocenters. The van der Waals surface area contributed by atoms with Gasteiger partial charge in [0.05, 0.1) is 5.02 Å². The standard InChI is InChI=1S/C13H14ClF2NO/c14-11-7-9(17)1-2-10(11)12(18)8-3-5-13(15,16)6-4-8/h1-2,7-8H,3-6,17H2. The van der Waals surface area contributed by atoms with E-state index in [9.17, 15) is 13.6 Å². The van der Waals surface area contributed by atoms with Crippen LogP contribution in [0.3, 0.4) is 0 Å². The van der Waals surface area contributed by atoms with Gasteiger partial charge in [-0.3, -0.25) is 4.79 Å². The topological polar surface area (TPSA) is 43.1 Å². The number of anilines is 1. The van der Waals surface area contributed by atoms with Crippen molar-refractivity contribution in [1.29, 1.82) is 0 Å². The van der Waals surface area contributed by atoms with Gasteiger partial charge in [-0.2, -0.15) is 0 Å². The van der Waals surface area contributed by atoms with Crippen LogP contribution in [-0.4, -0.2) is 11.7 Å². The van der Waals surface area contributed by atoms with Gasteiger partial charge in [-0.1, -0.05) is 11.6 Å². The highest BCUT2D eigenvalue weighted by Gasteiger charge is 2.37. The average Bonchev–Trinajstić information content (AvgIpc) is 2.28. The van der Waals surface area contributed by atoms with Crippen molar-refractivity contribution in [3.63, 3.8) is 0 Å². The zero-order valence-electron chi connectivity index (χ0n) is 9.76. The summed E-state index contributed by atoms with van der Waals surface area (Å²) in [6.07, 6.45) is -0.0227. The Bertz CT molecular complexity index is 466. The van der Waals surface area contributed by atoms with Gasteiger partial charge in [0.15, 0.2) is 5.78 Å². The van der Waals surface area contributed by atoms with Crippen molar-refractivity contribution >= 4 is 23.1 Å². The summed E-state index contributed by atoms with van der Waals surface area (Å²) < 4.78 is 26.0. The fourth-order valence-electron chi connectivity index (χ4n) is 2.25. The molecule has 98 valence electrons. The van der Waals surface area contributed by atoms with Crippen molar-refractivity contribution in [2.24, 2.45) is 5.92 Å². The molecule has 2 N–H and O–H groups in total. The minimum absolute atomic E-state index is 0.157. The highest BCUT2D eigenvalue weighted by molar-refractivity contribution is 6.34. The number of benzene rings is 1. The van der Waals surface area contributed by atoms with Crippen LogP contribution in [0.2, 0.25) is 5.02 Å². The molecule has 18 heavy (non-hydrogen) atoms. The Morgan fingerprint density at radius 1 is 1.33 bits per heavy atom. The molecule has 1 saturated carbocycles. The van der Waals surface area contributed by atoms with Crippen LogP contribution in [0.1, 0.15) is 36.0 Å². The number of alkyl halides is 2. The minimum atomic E-state index is -2.62. The van der Waals surface area contributed by atoms with E-state index < -0.39 is 5.92 Å². The first kappa shape index (κ1) is 13.3. The summed E-state index contributed by atoms with van der Waals surface area (Å²) in [6.45, 7) is 0. The van der Waals surface area contributed by atoms with E-state index in [1.54, 1.807) is 12.1 Å². The van der Waals surface area contributed by atoms with Crippen molar-refractivity contribution in [2.45, 2.75) is 31.6 Å². The first-order valence-corrected chi connectivity index (χ1v) is 6.24. The largest absolute Gasteiger partial charge is 0.399 e. The fourth-order valence-corrected chi connectivity index (χ4v) is 2.54. The monoisotopic (exact) mass is 273 g/mol. The number of ketones is 1. The highest BCUT2D eigenvalue weighted by atomic mass is 35.5. The Labute approximate surface area is 109 Å². The maximum absolute atomic E-state index is 13.0. The molecule has 2 nitrogen and oxygen atoms in total. The summed E-state index contributed by atoms with van der Waals surface area (Å²) in [5.41, 5.74) is 6.40. The lowest BCUT2D eigenvalue weighted by atomic mass is 9.82. The number of hydrogen-bond donors (Lipinski definition) is 1. The molecule has 1 aliphatic rings. The van der Waals surface area contributed by atoms with E-state index in [0.29, 0.717) is 11.3 Å². The summed E-state index contributed by atoms with van der Waals surface area (Å²) in [5.74, 6) is -3.14. The van der Waals surface area contributed by atoms with E-state index in [1.807, 2.05) is 0 Å². The van der Waals surface area contributed by atoms with Gasteiger partial charge in [-0.15, -0.1) is 0 Å².